The van der Waals surface area contributed by atoms with Gasteiger partial charge < -0.3 is 14.4 Å². The van der Waals surface area contributed by atoms with Crippen molar-refractivity contribution < 1.29 is 14.3 Å². The predicted octanol–water partition coefficient (Wildman–Crippen LogP) is 4.32. The molecule has 2 aromatic carbocycles. The smallest absolute Gasteiger partial charge is 0.244 e. The Hall–Kier alpha value is -3.28. The number of hydrogen-bond donors (Lipinski definition) is 0. The normalized spacial score (nSPS) is 13.6. The molecular weight excluding hydrogens is 402 g/mol. The molecule has 0 unspecified atom stereocenters. The molecule has 32 heavy (non-hydrogen) atoms. The predicted molar refractivity (Wildman–Crippen MR) is 125 cm³/mol. The van der Waals surface area contributed by atoms with Crippen molar-refractivity contribution in [2.45, 2.75) is 39.2 Å². The maximum atomic E-state index is 13.2. The third kappa shape index (κ3) is 4.64. The molecule has 0 spiro atoms. The minimum absolute atomic E-state index is 0.107. The lowest BCUT2D eigenvalue weighted by Crippen LogP contribution is -2.36. The van der Waals surface area contributed by atoms with E-state index in [-0.39, 0.29) is 18.4 Å². The third-order valence-electron chi connectivity index (χ3n) is 6.14. The Balaban J connectivity index is 1.50. The van der Waals surface area contributed by atoms with E-state index in [9.17, 15) is 4.79 Å². The van der Waals surface area contributed by atoms with E-state index in [1.165, 1.54) is 11.1 Å². The Kier molecular flexibility index (Phi) is 6.49. The first-order chi connectivity index (χ1) is 15.5. The number of aromatic nitrogens is 2. The molecular formula is C26H31N3O3. The van der Waals surface area contributed by atoms with Crippen LogP contribution in [-0.2, 0) is 24.2 Å². The monoisotopic (exact) mass is 433 g/mol. The van der Waals surface area contributed by atoms with Crippen LogP contribution in [-0.4, -0.2) is 47.9 Å². The van der Waals surface area contributed by atoms with Crippen LogP contribution in [0, 0.1) is 0 Å². The second kappa shape index (κ2) is 9.47. The fourth-order valence-corrected chi connectivity index (χ4v) is 4.23. The summed E-state index contributed by atoms with van der Waals surface area (Å²) in [6.07, 6.45) is 1.70. The van der Waals surface area contributed by atoms with Gasteiger partial charge in [0.1, 0.15) is 18.0 Å². The molecule has 1 aliphatic rings. The number of hydrogen-bond acceptors (Lipinski definition) is 4. The number of nitrogens with zero attached hydrogens (tertiary/aromatic N) is 3. The molecule has 0 N–H and O–H groups in total. The van der Waals surface area contributed by atoms with Crippen LogP contribution in [0.2, 0.25) is 0 Å². The van der Waals surface area contributed by atoms with Crippen LogP contribution >= 0.6 is 0 Å². The van der Waals surface area contributed by atoms with E-state index in [0.29, 0.717) is 6.54 Å². The van der Waals surface area contributed by atoms with Crippen LogP contribution in [0.4, 0.5) is 0 Å². The molecule has 0 atom stereocenters. The summed E-state index contributed by atoms with van der Waals surface area (Å²) in [6.45, 7) is 5.95. The Labute approximate surface area is 189 Å². The molecule has 6 heteroatoms. The fourth-order valence-electron chi connectivity index (χ4n) is 4.23. The summed E-state index contributed by atoms with van der Waals surface area (Å²) < 4.78 is 12.5. The molecule has 2 heterocycles. The standard InChI is InChI=1S/C26H31N3O3/c1-18(2)25-16-24(20-6-8-22(31-3)9-7-20)27-29(25)17-26(30)28-13-11-19-5-10-23(32-4)15-21(19)12-14-28/h5-10,15-16,18H,11-14,17H2,1-4H3. The fraction of sp³-hybridized carbons (Fsp3) is 0.385. The number of methoxy groups -OCH3 is 2. The number of rotatable bonds is 6. The van der Waals surface area contributed by atoms with Crippen molar-refractivity contribution in [1.29, 1.82) is 0 Å². The van der Waals surface area contributed by atoms with Gasteiger partial charge in [-0.05, 0) is 72.4 Å². The number of fused-ring (bicyclic) bond motifs is 1. The van der Waals surface area contributed by atoms with Gasteiger partial charge in [0.05, 0.1) is 19.9 Å². The topological polar surface area (TPSA) is 56.6 Å². The highest BCUT2D eigenvalue weighted by molar-refractivity contribution is 5.76. The molecule has 168 valence electrons. The lowest BCUT2D eigenvalue weighted by atomic mass is 10.0. The van der Waals surface area contributed by atoms with Gasteiger partial charge in [0, 0.05) is 24.3 Å². The number of carbonyl (C=O) groups excluding carboxylic acids is 1. The van der Waals surface area contributed by atoms with Crippen molar-refractivity contribution in [2.24, 2.45) is 0 Å². The third-order valence-corrected chi connectivity index (χ3v) is 6.14. The van der Waals surface area contributed by atoms with E-state index in [0.717, 1.165) is 47.8 Å². The molecule has 0 radical (unpaired) electrons. The molecule has 0 saturated heterocycles. The largest absolute Gasteiger partial charge is 0.497 e. The van der Waals surface area contributed by atoms with Gasteiger partial charge in [-0.15, -0.1) is 0 Å². The molecule has 6 nitrogen and oxygen atoms in total. The quantitative estimate of drug-likeness (QED) is 0.581. The summed E-state index contributed by atoms with van der Waals surface area (Å²) in [5, 5.41) is 4.79. The van der Waals surface area contributed by atoms with Crippen LogP contribution in [0.5, 0.6) is 11.5 Å². The van der Waals surface area contributed by atoms with Crippen molar-refractivity contribution in [3.05, 3.63) is 65.4 Å². The maximum Gasteiger partial charge on any atom is 0.244 e. The number of benzene rings is 2. The maximum absolute atomic E-state index is 13.2. The molecule has 1 aliphatic heterocycles. The first-order valence-electron chi connectivity index (χ1n) is 11.1. The van der Waals surface area contributed by atoms with Crippen molar-refractivity contribution in [2.75, 3.05) is 27.3 Å². The van der Waals surface area contributed by atoms with Crippen molar-refractivity contribution in [3.8, 4) is 22.8 Å². The van der Waals surface area contributed by atoms with Crippen LogP contribution < -0.4 is 9.47 Å². The van der Waals surface area contributed by atoms with Gasteiger partial charge in [-0.1, -0.05) is 19.9 Å². The van der Waals surface area contributed by atoms with Crippen LogP contribution in [0.25, 0.3) is 11.3 Å². The summed E-state index contributed by atoms with van der Waals surface area (Å²) >= 11 is 0. The second-order valence-corrected chi connectivity index (χ2v) is 8.51. The number of amides is 1. The lowest BCUT2D eigenvalue weighted by molar-refractivity contribution is -0.132. The van der Waals surface area contributed by atoms with Crippen molar-refractivity contribution >= 4 is 5.91 Å². The lowest BCUT2D eigenvalue weighted by Gasteiger charge is -2.21. The van der Waals surface area contributed by atoms with Crippen LogP contribution in [0.15, 0.2) is 48.5 Å². The van der Waals surface area contributed by atoms with E-state index < -0.39 is 0 Å². The minimum Gasteiger partial charge on any atom is -0.497 e. The Bertz CT molecular complexity index is 1090. The van der Waals surface area contributed by atoms with Crippen LogP contribution in [0.1, 0.15) is 36.6 Å². The zero-order valence-electron chi connectivity index (χ0n) is 19.3. The first-order valence-corrected chi connectivity index (χ1v) is 11.1. The molecule has 4 rings (SSSR count). The number of carbonyl (C=O) groups is 1. The summed E-state index contributed by atoms with van der Waals surface area (Å²) in [6, 6.07) is 16.1. The van der Waals surface area contributed by atoms with Gasteiger partial charge in [0.15, 0.2) is 0 Å². The summed E-state index contributed by atoms with van der Waals surface area (Å²) in [7, 11) is 3.34. The zero-order chi connectivity index (χ0) is 22.7. The highest BCUT2D eigenvalue weighted by atomic mass is 16.5. The van der Waals surface area contributed by atoms with Gasteiger partial charge >= 0.3 is 0 Å². The summed E-state index contributed by atoms with van der Waals surface area (Å²) in [5.41, 5.74) is 5.51. The molecule has 1 amide bonds. The molecule has 0 aliphatic carbocycles. The molecule has 0 fully saturated rings. The van der Waals surface area contributed by atoms with E-state index >= 15 is 0 Å². The van der Waals surface area contributed by atoms with Gasteiger partial charge in [0.25, 0.3) is 0 Å². The average molecular weight is 434 g/mol. The minimum atomic E-state index is 0.107. The average Bonchev–Trinajstić information content (AvgIpc) is 3.11. The van der Waals surface area contributed by atoms with Gasteiger partial charge in [-0.3, -0.25) is 9.48 Å². The Morgan fingerprint density at radius 1 is 0.938 bits per heavy atom. The number of ether oxygens (including phenoxy) is 2. The zero-order valence-corrected chi connectivity index (χ0v) is 19.3. The molecule has 3 aromatic rings. The van der Waals surface area contributed by atoms with Gasteiger partial charge in [-0.2, -0.15) is 5.10 Å². The first kappa shape index (κ1) is 21.9. The second-order valence-electron chi connectivity index (χ2n) is 8.51. The highest BCUT2D eigenvalue weighted by Crippen LogP contribution is 2.26. The van der Waals surface area contributed by atoms with Gasteiger partial charge in [0.2, 0.25) is 5.91 Å². The van der Waals surface area contributed by atoms with Crippen molar-refractivity contribution in [3.63, 3.8) is 0 Å². The van der Waals surface area contributed by atoms with E-state index in [1.807, 2.05) is 39.9 Å². The van der Waals surface area contributed by atoms with Crippen molar-refractivity contribution in [1.82, 2.24) is 14.7 Å². The molecule has 0 bridgehead atoms. The Morgan fingerprint density at radius 2 is 1.59 bits per heavy atom. The summed E-state index contributed by atoms with van der Waals surface area (Å²) in [5.74, 6) is 2.05. The van der Waals surface area contributed by atoms with E-state index in [1.54, 1.807) is 14.2 Å². The SMILES string of the molecule is COc1ccc(-c2cc(C(C)C)n(CC(=O)N3CCc4ccc(OC)cc4CC3)n2)cc1. The summed E-state index contributed by atoms with van der Waals surface area (Å²) in [4.78, 5) is 15.2. The Morgan fingerprint density at radius 3 is 2.25 bits per heavy atom. The van der Waals surface area contributed by atoms with Gasteiger partial charge in [-0.25, -0.2) is 0 Å². The van der Waals surface area contributed by atoms with Crippen LogP contribution in [0.3, 0.4) is 0 Å². The highest BCUT2D eigenvalue weighted by Gasteiger charge is 2.21. The van der Waals surface area contributed by atoms with E-state index in [4.69, 9.17) is 14.6 Å². The molecule has 1 aromatic heterocycles. The molecule has 0 saturated carbocycles. The van der Waals surface area contributed by atoms with E-state index in [2.05, 4.69) is 32.0 Å².